The molecule has 0 radical (unpaired) electrons. The van der Waals surface area contributed by atoms with Crippen LogP contribution in [0.3, 0.4) is 0 Å². The fraction of sp³-hybridized carbons (Fsp3) is 0.308. The zero-order valence-electron chi connectivity index (χ0n) is 18.2. The SMILES string of the molecule is CC(=Nc1ccccc1C(C)C)c1ccc(C(C)=Nc2ccccc2C(C)C)o1. The van der Waals surface area contributed by atoms with Crippen LogP contribution in [0.25, 0.3) is 0 Å². The number of hydrogen-bond acceptors (Lipinski definition) is 3. The van der Waals surface area contributed by atoms with Crippen molar-refractivity contribution < 1.29 is 4.42 Å². The summed E-state index contributed by atoms with van der Waals surface area (Å²) >= 11 is 0. The van der Waals surface area contributed by atoms with Crippen LogP contribution in [0.1, 0.15) is 76.0 Å². The molecule has 1 aromatic heterocycles. The third-order valence-electron chi connectivity index (χ3n) is 5.01. The molecular weight excluding hydrogens is 356 g/mol. The van der Waals surface area contributed by atoms with E-state index in [0.29, 0.717) is 11.8 Å². The summed E-state index contributed by atoms with van der Waals surface area (Å²) < 4.78 is 6.09. The van der Waals surface area contributed by atoms with E-state index in [0.717, 1.165) is 34.3 Å². The Morgan fingerprint density at radius 3 is 1.38 bits per heavy atom. The number of nitrogens with zero attached hydrogens (tertiary/aromatic N) is 2. The lowest BCUT2D eigenvalue weighted by molar-refractivity contribution is 0.547. The second-order valence-electron chi connectivity index (χ2n) is 7.99. The van der Waals surface area contributed by atoms with Crippen molar-refractivity contribution in [2.45, 2.75) is 53.4 Å². The van der Waals surface area contributed by atoms with Crippen LogP contribution in [0.5, 0.6) is 0 Å². The zero-order chi connectivity index (χ0) is 21.0. The maximum absolute atomic E-state index is 6.09. The van der Waals surface area contributed by atoms with Gasteiger partial charge in [-0.25, -0.2) is 9.98 Å². The molecule has 2 aromatic carbocycles. The number of furan rings is 1. The second kappa shape index (κ2) is 9.04. The topological polar surface area (TPSA) is 37.9 Å². The average Bonchev–Trinajstić information content (AvgIpc) is 3.19. The van der Waals surface area contributed by atoms with Gasteiger partial charge in [0.05, 0.1) is 22.8 Å². The van der Waals surface area contributed by atoms with Crippen molar-refractivity contribution >= 4 is 22.8 Å². The predicted octanol–water partition coefficient (Wildman–Crippen LogP) is 7.81. The molecule has 0 spiro atoms. The Balaban J connectivity index is 1.89. The highest BCUT2D eigenvalue weighted by atomic mass is 16.3. The first-order valence-corrected chi connectivity index (χ1v) is 10.3. The number of aliphatic imine (C=N–C) groups is 2. The van der Waals surface area contributed by atoms with Crippen molar-refractivity contribution in [1.29, 1.82) is 0 Å². The van der Waals surface area contributed by atoms with Crippen molar-refractivity contribution in [3.8, 4) is 0 Å². The van der Waals surface area contributed by atoms with E-state index in [1.165, 1.54) is 11.1 Å². The van der Waals surface area contributed by atoms with E-state index >= 15 is 0 Å². The van der Waals surface area contributed by atoms with Gasteiger partial charge in [0, 0.05) is 0 Å². The van der Waals surface area contributed by atoms with Crippen LogP contribution in [0.15, 0.2) is 75.1 Å². The van der Waals surface area contributed by atoms with Gasteiger partial charge in [0.2, 0.25) is 0 Å². The van der Waals surface area contributed by atoms with Crippen LogP contribution in [-0.4, -0.2) is 11.4 Å². The third kappa shape index (κ3) is 4.92. The van der Waals surface area contributed by atoms with E-state index < -0.39 is 0 Å². The summed E-state index contributed by atoms with van der Waals surface area (Å²) in [6.45, 7) is 12.7. The standard InChI is InChI=1S/C26H30N2O/c1-17(2)21-11-7-9-13-23(21)27-19(5)25-15-16-26(29-25)20(6)28-24-14-10-8-12-22(24)18(3)4/h7-18H,1-6H3. The third-order valence-corrected chi connectivity index (χ3v) is 5.01. The van der Waals surface area contributed by atoms with Crippen molar-refractivity contribution in [3.05, 3.63) is 83.3 Å². The lowest BCUT2D eigenvalue weighted by Gasteiger charge is -2.09. The minimum Gasteiger partial charge on any atom is -0.454 e. The molecule has 0 bridgehead atoms. The molecule has 0 aliphatic carbocycles. The summed E-state index contributed by atoms with van der Waals surface area (Å²) in [5.74, 6) is 2.38. The van der Waals surface area contributed by atoms with Crippen molar-refractivity contribution in [2.24, 2.45) is 9.98 Å². The van der Waals surface area contributed by atoms with Crippen LogP contribution in [0.4, 0.5) is 11.4 Å². The van der Waals surface area contributed by atoms with Crippen molar-refractivity contribution in [3.63, 3.8) is 0 Å². The highest BCUT2D eigenvalue weighted by Gasteiger charge is 2.11. The summed E-state index contributed by atoms with van der Waals surface area (Å²) in [7, 11) is 0. The Labute approximate surface area is 174 Å². The Kier molecular flexibility index (Phi) is 6.48. The fourth-order valence-electron chi connectivity index (χ4n) is 3.35. The zero-order valence-corrected chi connectivity index (χ0v) is 18.2. The van der Waals surface area contributed by atoms with E-state index in [1.807, 2.05) is 38.1 Å². The summed E-state index contributed by atoms with van der Waals surface area (Å²) in [5.41, 5.74) is 6.19. The van der Waals surface area contributed by atoms with E-state index in [1.54, 1.807) is 0 Å². The smallest absolute Gasteiger partial charge is 0.148 e. The molecule has 0 N–H and O–H groups in total. The minimum atomic E-state index is 0.422. The number of benzene rings is 2. The lowest BCUT2D eigenvalue weighted by atomic mass is 10.0. The predicted molar refractivity (Wildman–Crippen MR) is 124 cm³/mol. The first kappa shape index (κ1) is 20.8. The molecule has 3 heteroatoms. The fourth-order valence-corrected chi connectivity index (χ4v) is 3.35. The highest BCUT2D eigenvalue weighted by molar-refractivity contribution is 6.01. The molecule has 3 rings (SSSR count). The highest BCUT2D eigenvalue weighted by Crippen LogP contribution is 2.28. The van der Waals surface area contributed by atoms with Crippen molar-refractivity contribution in [2.75, 3.05) is 0 Å². The van der Waals surface area contributed by atoms with E-state index in [-0.39, 0.29) is 0 Å². The molecule has 0 aliphatic heterocycles. The summed E-state index contributed by atoms with van der Waals surface area (Å²) in [6, 6.07) is 20.5. The Morgan fingerprint density at radius 2 is 1.00 bits per heavy atom. The molecule has 29 heavy (non-hydrogen) atoms. The lowest BCUT2D eigenvalue weighted by Crippen LogP contribution is -1.96. The van der Waals surface area contributed by atoms with E-state index in [9.17, 15) is 0 Å². The van der Waals surface area contributed by atoms with Crippen molar-refractivity contribution in [1.82, 2.24) is 0 Å². The van der Waals surface area contributed by atoms with Crippen LogP contribution in [0, 0.1) is 0 Å². The molecule has 1 heterocycles. The van der Waals surface area contributed by atoms with Gasteiger partial charge in [0.1, 0.15) is 11.5 Å². The van der Waals surface area contributed by atoms with E-state index in [2.05, 4.69) is 64.1 Å². The first-order chi connectivity index (χ1) is 13.9. The molecule has 0 atom stereocenters. The Morgan fingerprint density at radius 1 is 0.621 bits per heavy atom. The van der Waals surface area contributed by atoms with Gasteiger partial charge in [-0.1, -0.05) is 64.1 Å². The second-order valence-corrected chi connectivity index (χ2v) is 7.99. The normalized spacial score (nSPS) is 12.8. The molecule has 150 valence electrons. The Hall–Kier alpha value is -2.94. The van der Waals surface area contributed by atoms with Gasteiger partial charge >= 0.3 is 0 Å². The maximum atomic E-state index is 6.09. The largest absolute Gasteiger partial charge is 0.454 e. The van der Waals surface area contributed by atoms with Crippen LogP contribution >= 0.6 is 0 Å². The molecule has 3 aromatic rings. The van der Waals surface area contributed by atoms with Gasteiger partial charge in [-0.3, -0.25) is 0 Å². The number of rotatable bonds is 6. The molecule has 0 unspecified atom stereocenters. The molecular formula is C26H30N2O. The van der Waals surface area contributed by atoms with Gasteiger partial charge in [-0.15, -0.1) is 0 Å². The summed E-state index contributed by atoms with van der Waals surface area (Å²) in [4.78, 5) is 9.65. The summed E-state index contributed by atoms with van der Waals surface area (Å²) in [5, 5.41) is 0. The summed E-state index contributed by atoms with van der Waals surface area (Å²) in [6.07, 6.45) is 0. The monoisotopic (exact) mass is 386 g/mol. The molecule has 3 nitrogen and oxygen atoms in total. The molecule has 0 amide bonds. The molecule has 0 fully saturated rings. The van der Waals surface area contributed by atoms with Gasteiger partial charge in [0.15, 0.2) is 0 Å². The number of para-hydroxylation sites is 2. The van der Waals surface area contributed by atoms with Gasteiger partial charge < -0.3 is 4.42 Å². The minimum absolute atomic E-state index is 0.422. The average molecular weight is 387 g/mol. The molecule has 0 saturated carbocycles. The van der Waals surface area contributed by atoms with Crippen LogP contribution in [-0.2, 0) is 0 Å². The van der Waals surface area contributed by atoms with Crippen LogP contribution in [0.2, 0.25) is 0 Å². The van der Waals surface area contributed by atoms with E-state index in [4.69, 9.17) is 14.4 Å². The Bertz CT molecular complexity index is 956. The van der Waals surface area contributed by atoms with Gasteiger partial charge in [-0.05, 0) is 61.1 Å². The molecule has 0 aliphatic rings. The van der Waals surface area contributed by atoms with Crippen LogP contribution < -0.4 is 0 Å². The van der Waals surface area contributed by atoms with Gasteiger partial charge in [-0.2, -0.15) is 0 Å². The maximum Gasteiger partial charge on any atom is 0.148 e. The first-order valence-electron chi connectivity index (χ1n) is 10.3. The van der Waals surface area contributed by atoms with Gasteiger partial charge in [0.25, 0.3) is 0 Å². The number of hydrogen-bond donors (Lipinski definition) is 0. The molecule has 0 saturated heterocycles. The quantitative estimate of drug-likeness (QED) is 0.398.